The topological polar surface area (TPSA) is 86.8 Å². The van der Waals surface area contributed by atoms with Gasteiger partial charge in [-0.1, -0.05) is 29.8 Å². The van der Waals surface area contributed by atoms with Gasteiger partial charge in [0, 0.05) is 37.3 Å². The van der Waals surface area contributed by atoms with Crippen molar-refractivity contribution in [2.75, 3.05) is 12.8 Å². The van der Waals surface area contributed by atoms with Crippen molar-refractivity contribution in [1.29, 1.82) is 0 Å². The average molecular weight is 524 g/mol. The fraction of sp³-hybridized carbons (Fsp3) is 0.692. The fourth-order valence-corrected chi connectivity index (χ4v) is 8.10. The standard InChI is InChI=1S/C26H38ClN3O4S/c1-17-16-29(26(32)28-15-21-6-4-5-7-23(21)27)25-14-20(10-13-24(25)30(17)18(2)31)19-8-11-22(12-9-19)35(3,33)34/h4-7,17,19-20,22,24-25H,8-16H2,1-3H3,(H,28,32)/t17-,19?,20?,22?,24?,25?/m0/s1. The Labute approximate surface area is 214 Å². The van der Waals surface area contributed by atoms with Crippen LogP contribution in [0, 0.1) is 11.8 Å². The fourth-order valence-electron chi connectivity index (χ4n) is 6.76. The molecule has 1 aromatic rings. The number of carbonyl (C=O) groups excluding carboxylic acids is 2. The molecule has 3 fully saturated rings. The van der Waals surface area contributed by atoms with Gasteiger partial charge in [-0.2, -0.15) is 0 Å². The first-order chi connectivity index (χ1) is 16.6. The molecular weight excluding hydrogens is 486 g/mol. The summed E-state index contributed by atoms with van der Waals surface area (Å²) in [4.78, 5) is 29.9. The third-order valence-corrected chi connectivity index (χ3v) is 10.6. The number of fused-ring (bicyclic) bond motifs is 1. The normalized spacial score (nSPS) is 31.5. The maximum atomic E-state index is 13.4. The second-order valence-electron chi connectivity index (χ2n) is 10.8. The molecule has 0 aromatic heterocycles. The van der Waals surface area contributed by atoms with Crippen LogP contribution < -0.4 is 5.32 Å². The van der Waals surface area contributed by atoms with Gasteiger partial charge in [0.1, 0.15) is 9.84 Å². The summed E-state index contributed by atoms with van der Waals surface area (Å²) < 4.78 is 24.0. The predicted molar refractivity (Wildman–Crippen MR) is 138 cm³/mol. The maximum Gasteiger partial charge on any atom is 0.318 e. The largest absolute Gasteiger partial charge is 0.334 e. The van der Waals surface area contributed by atoms with Crippen molar-refractivity contribution in [2.45, 2.75) is 88.7 Å². The Hall–Kier alpha value is -1.80. The number of hydrogen-bond donors (Lipinski definition) is 1. The van der Waals surface area contributed by atoms with Gasteiger partial charge in [-0.3, -0.25) is 4.79 Å². The van der Waals surface area contributed by atoms with E-state index >= 15 is 0 Å². The molecule has 1 aromatic carbocycles. The zero-order valence-corrected chi connectivity index (χ0v) is 22.5. The first-order valence-corrected chi connectivity index (χ1v) is 15.1. The summed E-state index contributed by atoms with van der Waals surface area (Å²) in [6.45, 7) is 4.50. The van der Waals surface area contributed by atoms with Crippen LogP contribution >= 0.6 is 11.6 Å². The Balaban J connectivity index is 1.47. The van der Waals surface area contributed by atoms with E-state index in [4.69, 9.17) is 11.6 Å². The van der Waals surface area contributed by atoms with Crippen molar-refractivity contribution >= 4 is 33.4 Å². The number of sulfone groups is 1. The van der Waals surface area contributed by atoms with Gasteiger partial charge in [0.05, 0.1) is 17.3 Å². The molecule has 3 aliphatic rings. The van der Waals surface area contributed by atoms with Crippen molar-refractivity contribution in [3.05, 3.63) is 34.9 Å². The first-order valence-electron chi connectivity index (χ1n) is 12.8. The molecule has 35 heavy (non-hydrogen) atoms. The summed E-state index contributed by atoms with van der Waals surface area (Å²) in [7, 11) is -2.99. The highest BCUT2D eigenvalue weighted by molar-refractivity contribution is 7.91. The molecule has 7 nitrogen and oxygen atoms in total. The Kier molecular flexibility index (Phi) is 8.01. The molecule has 1 heterocycles. The van der Waals surface area contributed by atoms with E-state index in [1.54, 1.807) is 6.92 Å². The summed E-state index contributed by atoms with van der Waals surface area (Å²) in [5.41, 5.74) is 0.874. The van der Waals surface area contributed by atoms with E-state index in [0.29, 0.717) is 29.9 Å². The molecule has 3 amide bonds. The maximum absolute atomic E-state index is 13.4. The Morgan fingerprint density at radius 3 is 2.31 bits per heavy atom. The molecule has 1 N–H and O–H groups in total. The number of halogens is 1. The molecule has 194 valence electrons. The van der Waals surface area contributed by atoms with E-state index in [2.05, 4.69) is 5.32 Å². The minimum absolute atomic E-state index is 0.0194. The second kappa shape index (κ2) is 10.7. The Morgan fingerprint density at radius 1 is 1.03 bits per heavy atom. The highest BCUT2D eigenvalue weighted by atomic mass is 35.5. The van der Waals surface area contributed by atoms with Crippen LogP contribution in [0.25, 0.3) is 0 Å². The molecule has 3 unspecified atom stereocenters. The van der Waals surface area contributed by atoms with E-state index < -0.39 is 9.84 Å². The van der Waals surface area contributed by atoms with Crippen LogP contribution in [0.15, 0.2) is 24.3 Å². The van der Waals surface area contributed by atoms with E-state index in [0.717, 1.165) is 50.5 Å². The number of carbonyl (C=O) groups is 2. The Bertz CT molecular complexity index is 1040. The van der Waals surface area contributed by atoms with Gasteiger partial charge in [0.15, 0.2) is 0 Å². The van der Waals surface area contributed by atoms with Gasteiger partial charge in [0.25, 0.3) is 0 Å². The van der Waals surface area contributed by atoms with E-state index in [1.807, 2.05) is 41.0 Å². The lowest BCUT2D eigenvalue weighted by molar-refractivity contribution is -0.141. The molecule has 1 aliphatic heterocycles. The SMILES string of the molecule is CC(=O)N1C2CCC(C3CCC(S(C)(=O)=O)CC3)CC2N(C(=O)NCc2ccccc2Cl)C[C@@H]1C. The second-order valence-corrected chi connectivity index (χ2v) is 13.5. The zero-order chi connectivity index (χ0) is 25.3. The van der Waals surface area contributed by atoms with Crippen LogP contribution in [-0.2, 0) is 21.2 Å². The van der Waals surface area contributed by atoms with Crippen molar-refractivity contribution < 1.29 is 18.0 Å². The van der Waals surface area contributed by atoms with Gasteiger partial charge < -0.3 is 15.1 Å². The zero-order valence-electron chi connectivity index (χ0n) is 21.0. The minimum atomic E-state index is -2.99. The average Bonchev–Trinajstić information content (AvgIpc) is 2.82. The highest BCUT2D eigenvalue weighted by Gasteiger charge is 2.47. The van der Waals surface area contributed by atoms with Crippen LogP contribution in [0.4, 0.5) is 4.79 Å². The smallest absolute Gasteiger partial charge is 0.318 e. The van der Waals surface area contributed by atoms with Crippen molar-refractivity contribution in [2.24, 2.45) is 11.8 Å². The van der Waals surface area contributed by atoms with Gasteiger partial charge in [-0.15, -0.1) is 0 Å². The lowest BCUT2D eigenvalue weighted by Crippen LogP contribution is -2.68. The molecule has 0 spiro atoms. The summed E-state index contributed by atoms with van der Waals surface area (Å²) in [6, 6.07) is 7.33. The van der Waals surface area contributed by atoms with E-state index in [9.17, 15) is 18.0 Å². The molecule has 0 radical (unpaired) electrons. The van der Waals surface area contributed by atoms with E-state index in [-0.39, 0.29) is 35.3 Å². The Morgan fingerprint density at radius 2 is 1.69 bits per heavy atom. The quantitative estimate of drug-likeness (QED) is 0.639. The van der Waals surface area contributed by atoms with Gasteiger partial charge in [-0.05, 0) is 75.3 Å². The first kappa shape index (κ1) is 26.3. The highest BCUT2D eigenvalue weighted by Crippen LogP contribution is 2.43. The monoisotopic (exact) mass is 523 g/mol. The third-order valence-electron chi connectivity index (χ3n) is 8.52. The van der Waals surface area contributed by atoms with Crippen molar-refractivity contribution in [3.63, 3.8) is 0 Å². The van der Waals surface area contributed by atoms with Gasteiger partial charge in [0.2, 0.25) is 5.91 Å². The summed E-state index contributed by atoms with van der Waals surface area (Å²) in [5.74, 6) is 0.987. The van der Waals surface area contributed by atoms with Gasteiger partial charge in [-0.25, -0.2) is 13.2 Å². The number of amides is 3. The number of nitrogens with zero attached hydrogens (tertiary/aromatic N) is 2. The number of benzene rings is 1. The minimum Gasteiger partial charge on any atom is -0.334 e. The third kappa shape index (κ3) is 5.79. The lowest BCUT2D eigenvalue weighted by Gasteiger charge is -2.54. The number of nitrogens with one attached hydrogen (secondary N) is 1. The molecule has 4 rings (SSSR count). The molecule has 2 aliphatic carbocycles. The van der Waals surface area contributed by atoms with Crippen LogP contribution in [0.1, 0.15) is 64.4 Å². The van der Waals surface area contributed by atoms with Crippen LogP contribution in [0.2, 0.25) is 5.02 Å². The number of rotatable bonds is 4. The summed E-state index contributed by atoms with van der Waals surface area (Å²) in [6.07, 6.45) is 7.40. The number of urea groups is 1. The number of piperazine rings is 1. The van der Waals surface area contributed by atoms with Crippen LogP contribution in [-0.4, -0.2) is 66.3 Å². The van der Waals surface area contributed by atoms with Crippen LogP contribution in [0.3, 0.4) is 0 Å². The summed E-state index contributed by atoms with van der Waals surface area (Å²) >= 11 is 6.28. The van der Waals surface area contributed by atoms with Crippen LogP contribution in [0.5, 0.6) is 0 Å². The lowest BCUT2D eigenvalue weighted by atomic mass is 9.69. The number of hydrogen-bond acceptors (Lipinski definition) is 4. The molecule has 1 saturated heterocycles. The van der Waals surface area contributed by atoms with Crippen molar-refractivity contribution in [3.8, 4) is 0 Å². The molecule has 2 saturated carbocycles. The van der Waals surface area contributed by atoms with E-state index in [1.165, 1.54) is 6.26 Å². The molecular formula is C26H38ClN3O4S. The molecule has 4 atom stereocenters. The molecule has 0 bridgehead atoms. The van der Waals surface area contributed by atoms with Gasteiger partial charge >= 0.3 is 6.03 Å². The summed E-state index contributed by atoms with van der Waals surface area (Å²) in [5, 5.41) is 3.47. The molecule has 9 heteroatoms. The predicted octanol–water partition coefficient (Wildman–Crippen LogP) is 4.24. The van der Waals surface area contributed by atoms with Crippen molar-refractivity contribution in [1.82, 2.24) is 15.1 Å².